The predicted octanol–water partition coefficient (Wildman–Crippen LogP) is 2.54. The third-order valence-corrected chi connectivity index (χ3v) is 7.67. The van der Waals surface area contributed by atoms with Crippen LogP contribution in [0.2, 0.25) is 0 Å². The van der Waals surface area contributed by atoms with Gasteiger partial charge < -0.3 is 19.9 Å². The van der Waals surface area contributed by atoms with Crippen molar-refractivity contribution in [3.05, 3.63) is 53.6 Å². The number of hydrogen-bond acceptors (Lipinski definition) is 5. The molecule has 2 N–H and O–H groups in total. The smallest absolute Gasteiger partial charge is 0.254 e. The Balaban J connectivity index is 1.12. The monoisotopic (exact) mass is 446 g/mol. The van der Waals surface area contributed by atoms with Crippen LogP contribution in [0.15, 0.2) is 42.5 Å². The highest BCUT2D eigenvalue weighted by molar-refractivity contribution is 5.95. The van der Waals surface area contributed by atoms with Gasteiger partial charge in [-0.05, 0) is 67.0 Å². The highest BCUT2D eigenvalue weighted by Crippen LogP contribution is 2.38. The molecule has 2 aromatic rings. The second kappa shape index (κ2) is 7.85. The number of hydrazine groups is 1. The van der Waals surface area contributed by atoms with Gasteiger partial charge in [-0.15, -0.1) is 0 Å². The topological polar surface area (TPSA) is 76.1 Å². The van der Waals surface area contributed by atoms with Crippen LogP contribution in [-0.4, -0.2) is 64.5 Å². The van der Waals surface area contributed by atoms with Gasteiger partial charge in [0.15, 0.2) is 0 Å². The molecule has 4 aliphatic rings. The second-order valence-corrected chi connectivity index (χ2v) is 9.83. The lowest BCUT2D eigenvalue weighted by Crippen LogP contribution is -2.53. The number of rotatable bonds is 4. The first-order valence-electron chi connectivity index (χ1n) is 12.1. The van der Waals surface area contributed by atoms with Crippen LogP contribution in [0.3, 0.4) is 0 Å². The molecule has 2 aromatic carbocycles. The summed E-state index contributed by atoms with van der Waals surface area (Å²) in [6.45, 7) is 2.84. The minimum absolute atomic E-state index is 0.00639. The summed E-state index contributed by atoms with van der Waals surface area (Å²) in [6, 6.07) is 15.1. The number of nitrogens with one attached hydrogen (secondary N) is 1. The van der Waals surface area contributed by atoms with Crippen LogP contribution in [0.5, 0.6) is 0 Å². The zero-order valence-corrected chi connectivity index (χ0v) is 18.8. The SMILES string of the molecule is O=C(c1ccc(-c2ccc3c(c2)N(C2CCC2)NC3)cc1)N1CCN(C(=O)C2(O)CC2)CC1. The van der Waals surface area contributed by atoms with Gasteiger partial charge in [-0.25, -0.2) is 5.43 Å². The van der Waals surface area contributed by atoms with Crippen molar-refractivity contribution < 1.29 is 14.7 Å². The molecule has 2 aliphatic carbocycles. The van der Waals surface area contributed by atoms with E-state index in [1.165, 1.54) is 30.5 Å². The van der Waals surface area contributed by atoms with E-state index in [2.05, 4.69) is 28.6 Å². The number of anilines is 1. The van der Waals surface area contributed by atoms with Crippen LogP contribution in [0.4, 0.5) is 5.69 Å². The molecule has 3 fully saturated rings. The van der Waals surface area contributed by atoms with Gasteiger partial charge in [-0.2, -0.15) is 0 Å². The number of aliphatic hydroxyl groups is 1. The van der Waals surface area contributed by atoms with Gasteiger partial charge in [0.25, 0.3) is 11.8 Å². The molecular formula is C26H30N4O3. The molecule has 0 spiro atoms. The van der Waals surface area contributed by atoms with E-state index >= 15 is 0 Å². The lowest BCUT2D eigenvalue weighted by atomic mass is 9.92. The molecule has 0 radical (unpaired) electrons. The first kappa shape index (κ1) is 20.7. The number of fused-ring (bicyclic) bond motifs is 1. The van der Waals surface area contributed by atoms with Crippen molar-refractivity contribution in [3.63, 3.8) is 0 Å². The van der Waals surface area contributed by atoms with Gasteiger partial charge in [0, 0.05) is 44.3 Å². The van der Waals surface area contributed by atoms with Crippen molar-refractivity contribution in [1.82, 2.24) is 15.2 Å². The number of carbonyl (C=O) groups is 2. The zero-order chi connectivity index (χ0) is 22.6. The van der Waals surface area contributed by atoms with E-state index in [-0.39, 0.29) is 11.8 Å². The summed E-state index contributed by atoms with van der Waals surface area (Å²) in [6.07, 6.45) is 4.90. The summed E-state index contributed by atoms with van der Waals surface area (Å²) in [5.41, 5.74) is 7.93. The molecule has 0 aromatic heterocycles. The van der Waals surface area contributed by atoms with Crippen LogP contribution in [0.25, 0.3) is 11.1 Å². The Labute approximate surface area is 193 Å². The van der Waals surface area contributed by atoms with Gasteiger partial charge in [-0.1, -0.05) is 24.3 Å². The van der Waals surface area contributed by atoms with E-state index in [0.29, 0.717) is 50.6 Å². The molecule has 33 heavy (non-hydrogen) atoms. The van der Waals surface area contributed by atoms with Crippen LogP contribution in [0, 0.1) is 0 Å². The first-order chi connectivity index (χ1) is 16.0. The fourth-order valence-corrected chi connectivity index (χ4v) is 5.07. The standard InChI is InChI=1S/C26H30N4O3/c31-24(28-12-14-29(15-13-28)25(32)26(33)10-11-26)19-6-4-18(5-7-19)20-8-9-21-17-27-30(23(21)16-20)22-2-1-3-22/h4-9,16,22,27,33H,1-3,10-15,17H2. The fourth-order valence-electron chi connectivity index (χ4n) is 5.07. The maximum absolute atomic E-state index is 13.0. The van der Waals surface area contributed by atoms with E-state index in [9.17, 15) is 14.7 Å². The number of benzene rings is 2. The van der Waals surface area contributed by atoms with Crippen molar-refractivity contribution in [2.24, 2.45) is 0 Å². The van der Waals surface area contributed by atoms with Crippen molar-refractivity contribution >= 4 is 17.5 Å². The molecule has 7 nitrogen and oxygen atoms in total. The molecule has 7 heteroatoms. The Bertz CT molecular complexity index is 1080. The minimum atomic E-state index is -1.13. The van der Waals surface area contributed by atoms with Gasteiger partial charge in [0.1, 0.15) is 5.60 Å². The summed E-state index contributed by atoms with van der Waals surface area (Å²) in [5, 5.41) is 12.4. The molecule has 0 atom stereocenters. The third-order valence-electron chi connectivity index (χ3n) is 7.67. The lowest BCUT2D eigenvalue weighted by molar-refractivity contribution is -0.143. The van der Waals surface area contributed by atoms with Crippen molar-refractivity contribution in [1.29, 1.82) is 0 Å². The summed E-state index contributed by atoms with van der Waals surface area (Å²) in [7, 11) is 0. The number of nitrogens with zero attached hydrogens (tertiary/aromatic N) is 3. The van der Waals surface area contributed by atoms with Crippen molar-refractivity contribution in [2.45, 2.75) is 50.3 Å². The molecule has 172 valence electrons. The molecule has 0 bridgehead atoms. The number of carbonyl (C=O) groups excluding carboxylic acids is 2. The summed E-state index contributed by atoms with van der Waals surface area (Å²) in [4.78, 5) is 28.8. The Morgan fingerprint density at radius 2 is 1.58 bits per heavy atom. The van der Waals surface area contributed by atoms with E-state index in [0.717, 1.165) is 17.7 Å². The zero-order valence-electron chi connectivity index (χ0n) is 18.8. The quantitative estimate of drug-likeness (QED) is 0.755. The number of hydrogen-bond donors (Lipinski definition) is 2. The highest BCUT2D eigenvalue weighted by atomic mass is 16.3. The Hall–Kier alpha value is -2.90. The Morgan fingerprint density at radius 3 is 2.21 bits per heavy atom. The van der Waals surface area contributed by atoms with Crippen molar-refractivity contribution in [2.75, 3.05) is 31.2 Å². The molecule has 1 saturated heterocycles. The van der Waals surface area contributed by atoms with E-state index in [1.54, 1.807) is 9.80 Å². The van der Waals surface area contributed by atoms with Crippen LogP contribution in [0.1, 0.15) is 48.0 Å². The molecule has 6 rings (SSSR count). The number of amides is 2. The lowest BCUT2D eigenvalue weighted by Gasteiger charge is -2.36. The molecule has 2 heterocycles. The molecule has 0 unspecified atom stereocenters. The van der Waals surface area contributed by atoms with Gasteiger partial charge in [0.2, 0.25) is 0 Å². The van der Waals surface area contributed by atoms with Crippen LogP contribution in [-0.2, 0) is 11.3 Å². The maximum Gasteiger partial charge on any atom is 0.254 e. The largest absolute Gasteiger partial charge is 0.380 e. The second-order valence-electron chi connectivity index (χ2n) is 9.83. The summed E-state index contributed by atoms with van der Waals surface area (Å²) in [5.74, 6) is -0.188. The Morgan fingerprint density at radius 1 is 0.909 bits per heavy atom. The van der Waals surface area contributed by atoms with E-state index in [1.807, 2.05) is 24.3 Å². The molecule has 2 amide bonds. The van der Waals surface area contributed by atoms with Crippen LogP contribution >= 0.6 is 0 Å². The van der Waals surface area contributed by atoms with E-state index in [4.69, 9.17) is 0 Å². The third kappa shape index (κ3) is 3.69. The minimum Gasteiger partial charge on any atom is -0.380 e. The van der Waals surface area contributed by atoms with Gasteiger partial charge >= 0.3 is 0 Å². The molecular weight excluding hydrogens is 416 g/mol. The fraction of sp³-hybridized carbons (Fsp3) is 0.462. The average molecular weight is 447 g/mol. The molecule has 2 saturated carbocycles. The highest BCUT2D eigenvalue weighted by Gasteiger charge is 2.50. The predicted molar refractivity (Wildman–Crippen MR) is 126 cm³/mol. The average Bonchev–Trinajstić information content (AvgIpc) is 3.45. The van der Waals surface area contributed by atoms with E-state index < -0.39 is 5.60 Å². The van der Waals surface area contributed by atoms with Crippen molar-refractivity contribution in [3.8, 4) is 11.1 Å². The molecule has 2 aliphatic heterocycles. The summed E-state index contributed by atoms with van der Waals surface area (Å²) < 4.78 is 0. The number of piperazine rings is 1. The van der Waals surface area contributed by atoms with Gasteiger partial charge in [-0.3, -0.25) is 9.59 Å². The normalized spacial score (nSPS) is 21.5. The Kier molecular flexibility index (Phi) is 4.92. The maximum atomic E-state index is 13.0. The van der Waals surface area contributed by atoms with Gasteiger partial charge in [0.05, 0.1) is 5.69 Å². The van der Waals surface area contributed by atoms with Crippen LogP contribution < -0.4 is 10.4 Å². The summed E-state index contributed by atoms with van der Waals surface area (Å²) >= 11 is 0. The first-order valence-corrected chi connectivity index (χ1v) is 12.1.